The molecular weight excluding hydrogens is 181 g/mol. The Balaban J connectivity index is 2.88. The zero-order chi connectivity index (χ0) is 10.3. The van der Waals surface area contributed by atoms with Crippen LogP contribution in [0.2, 0.25) is 0 Å². The minimum Gasteiger partial charge on any atom is -0.445 e. The third kappa shape index (κ3) is 1.08. The fourth-order valence-corrected chi connectivity index (χ4v) is 1.46. The molecule has 0 fully saturated rings. The molecule has 0 spiro atoms. The Kier molecular flexibility index (Phi) is 1.78. The molecule has 0 saturated carbocycles. The topological polar surface area (TPSA) is 36.9 Å². The fraction of sp³-hybridized carbons (Fsp3) is 0.182. The summed E-state index contributed by atoms with van der Waals surface area (Å²) >= 11 is 0. The van der Waals surface area contributed by atoms with Crippen LogP contribution in [0.25, 0.3) is 11.0 Å². The van der Waals surface area contributed by atoms with E-state index in [2.05, 4.69) is 0 Å². The van der Waals surface area contributed by atoms with Crippen LogP contribution in [-0.2, 0) is 0 Å². The second kappa shape index (κ2) is 2.85. The van der Waals surface area contributed by atoms with Crippen LogP contribution in [0.4, 0.5) is 4.39 Å². The van der Waals surface area contributed by atoms with E-state index in [0.717, 1.165) is 10.9 Å². The van der Waals surface area contributed by atoms with Crippen molar-refractivity contribution in [2.24, 2.45) is 0 Å². The van der Waals surface area contributed by atoms with Crippen molar-refractivity contribution < 1.29 is 8.81 Å². The fourth-order valence-electron chi connectivity index (χ4n) is 1.46. The molecule has 0 bridgehead atoms. The Bertz CT molecular complexity index is 548. The third-order valence-electron chi connectivity index (χ3n) is 2.32. The molecule has 0 aliphatic rings. The average Bonchev–Trinajstić information content (AvgIpc) is 2.45. The van der Waals surface area contributed by atoms with E-state index < -0.39 is 0 Å². The predicted molar refractivity (Wildman–Crippen MR) is 50.4 cm³/mol. The normalized spacial score (nSPS) is 10.4. The van der Waals surface area contributed by atoms with Crippen LogP contribution in [-0.4, -0.2) is 0 Å². The van der Waals surface area contributed by atoms with Gasteiger partial charge in [0, 0.05) is 17.0 Å². The highest BCUT2D eigenvalue weighted by Gasteiger charge is 2.11. The van der Waals surface area contributed by atoms with Gasteiger partial charge in [-0.25, -0.2) is 4.39 Å². The van der Waals surface area contributed by atoms with Gasteiger partial charge in [-0.1, -0.05) is 0 Å². The van der Waals surface area contributed by atoms with Crippen molar-refractivity contribution in [2.75, 3.05) is 0 Å². The van der Waals surface area contributed by atoms with Crippen molar-refractivity contribution in [3.63, 3.8) is 0 Å². The lowest BCUT2D eigenvalue weighted by Crippen LogP contribution is -1.80. The molecule has 0 radical (unpaired) electrons. The van der Waals surface area contributed by atoms with Crippen molar-refractivity contribution in [3.8, 4) is 6.07 Å². The number of nitrogens with zero attached hydrogens (tertiary/aromatic N) is 1. The zero-order valence-electron chi connectivity index (χ0n) is 7.89. The summed E-state index contributed by atoms with van der Waals surface area (Å²) in [5, 5.41) is 9.53. The summed E-state index contributed by atoms with van der Waals surface area (Å²) in [6.45, 7) is 3.48. The van der Waals surface area contributed by atoms with Crippen LogP contribution in [0.1, 0.15) is 16.9 Å². The zero-order valence-corrected chi connectivity index (χ0v) is 7.89. The second-order valence-electron chi connectivity index (χ2n) is 3.27. The van der Waals surface area contributed by atoms with E-state index in [4.69, 9.17) is 9.68 Å². The molecule has 0 aliphatic carbocycles. The maximum Gasteiger partial charge on any atom is 0.207 e. The first kappa shape index (κ1) is 8.76. The summed E-state index contributed by atoms with van der Waals surface area (Å²) < 4.78 is 18.3. The van der Waals surface area contributed by atoms with E-state index in [9.17, 15) is 4.39 Å². The molecule has 70 valence electrons. The molecule has 2 aromatic rings. The van der Waals surface area contributed by atoms with Crippen molar-refractivity contribution in [1.82, 2.24) is 0 Å². The molecule has 2 nitrogen and oxygen atoms in total. The van der Waals surface area contributed by atoms with Gasteiger partial charge in [0.1, 0.15) is 17.5 Å². The summed E-state index contributed by atoms with van der Waals surface area (Å²) in [4.78, 5) is 0. The Morgan fingerprint density at radius 2 is 2.07 bits per heavy atom. The largest absolute Gasteiger partial charge is 0.445 e. The molecule has 0 saturated heterocycles. The van der Waals surface area contributed by atoms with Crippen LogP contribution >= 0.6 is 0 Å². The number of hydrogen-bond donors (Lipinski definition) is 0. The SMILES string of the molecule is Cc1cc2c(C)c(C#N)oc2cc1F. The van der Waals surface area contributed by atoms with E-state index >= 15 is 0 Å². The summed E-state index contributed by atoms with van der Waals surface area (Å²) in [5.41, 5.74) is 1.76. The van der Waals surface area contributed by atoms with Gasteiger partial charge in [-0.3, -0.25) is 0 Å². The second-order valence-corrected chi connectivity index (χ2v) is 3.27. The van der Waals surface area contributed by atoms with Crippen LogP contribution in [0.3, 0.4) is 0 Å². The highest BCUT2D eigenvalue weighted by atomic mass is 19.1. The van der Waals surface area contributed by atoms with Gasteiger partial charge in [0.25, 0.3) is 0 Å². The lowest BCUT2D eigenvalue weighted by molar-refractivity contribution is 0.583. The molecule has 1 aromatic heterocycles. The van der Waals surface area contributed by atoms with Crippen LogP contribution in [0, 0.1) is 31.0 Å². The van der Waals surface area contributed by atoms with Gasteiger partial charge in [-0.15, -0.1) is 0 Å². The summed E-state index contributed by atoms with van der Waals surface area (Å²) in [7, 11) is 0. The molecule has 0 unspecified atom stereocenters. The Morgan fingerprint density at radius 1 is 1.36 bits per heavy atom. The minimum absolute atomic E-state index is 0.255. The van der Waals surface area contributed by atoms with Crippen LogP contribution in [0.15, 0.2) is 16.5 Å². The van der Waals surface area contributed by atoms with Crippen molar-refractivity contribution in [1.29, 1.82) is 5.26 Å². The first-order valence-electron chi connectivity index (χ1n) is 4.23. The monoisotopic (exact) mass is 189 g/mol. The first-order valence-corrected chi connectivity index (χ1v) is 4.23. The smallest absolute Gasteiger partial charge is 0.207 e. The van der Waals surface area contributed by atoms with Gasteiger partial charge in [-0.2, -0.15) is 5.26 Å². The number of hydrogen-bond acceptors (Lipinski definition) is 2. The molecule has 1 heterocycles. The lowest BCUT2D eigenvalue weighted by Gasteiger charge is -1.95. The molecule has 0 N–H and O–H groups in total. The lowest BCUT2D eigenvalue weighted by atomic mass is 10.1. The number of furan rings is 1. The molecule has 0 amide bonds. The maximum absolute atomic E-state index is 13.2. The van der Waals surface area contributed by atoms with Gasteiger partial charge < -0.3 is 4.42 Å². The summed E-state index contributed by atoms with van der Waals surface area (Å²) in [6.07, 6.45) is 0. The van der Waals surface area contributed by atoms with Gasteiger partial charge in [0.15, 0.2) is 0 Å². The number of benzene rings is 1. The highest BCUT2D eigenvalue weighted by Crippen LogP contribution is 2.26. The number of aryl methyl sites for hydroxylation is 2. The van der Waals surface area contributed by atoms with Gasteiger partial charge in [0.2, 0.25) is 5.76 Å². The number of nitriles is 1. The maximum atomic E-state index is 13.2. The standard InChI is InChI=1S/C11H8FNO/c1-6-3-8-7(2)11(5-13)14-10(8)4-9(6)12/h3-4H,1-2H3. The van der Waals surface area contributed by atoms with Crippen LogP contribution in [0.5, 0.6) is 0 Å². The van der Waals surface area contributed by atoms with Crippen LogP contribution < -0.4 is 0 Å². The Morgan fingerprint density at radius 3 is 2.71 bits per heavy atom. The van der Waals surface area contributed by atoms with Crippen molar-refractivity contribution in [2.45, 2.75) is 13.8 Å². The third-order valence-corrected chi connectivity index (χ3v) is 2.32. The van der Waals surface area contributed by atoms with E-state index in [1.807, 2.05) is 6.07 Å². The summed E-state index contributed by atoms with van der Waals surface area (Å²) in [6, 6.07) is 4.95. The van der Waals surface area contributed by atoms with Gasteiger partial charge in [-0.05, 0) is 25.5 Å². The van der Waals surface area contributed by atoms with Gasteiger partial charge >= 0.3 is 0 Å². The number of rotatable bonds is 0. The Hall–Kier alpha value is -1.82. The van der Waals surface area contributed by atoms with E-state index in [1.165, 1.54) is 6.07 Å². The minimum atomic E-state index is -0.310. The van der Waals surface area contributed by atoms with E-state index in [1.54, 1.807) is 19.9 Å². The number of halogens is 1. The Labute approximate surface area is 80.6 Å². The predicted octanol–water partition coefficient (Wildman–Crippen LogP) is 3.06. The highest BCUT2D eigenvalue weighted by molar-refractivity contribution is 5.83. The molecule has 14 heavy (non-hydrogen) atoms. The van der Waals surface area contributed by atoms with E-state index in [0.29, 0.717) is 11.1 Å². The number of fused-ring (bicyclic) bond motifs is 1. The van der Waals surface area contributed by atoms with Gasteiger partial charge in [0.05, 0.1) is 0 Å². The first-order chi connectivity index (χ1) is 6.63. The molecular formula is C11H8FNO. The molecule has 0 aliphatic heterocycles. The molecule has 0 atom stereocenters. The molecule has 2 rings (SSSR count). The molecule has 3 heteroatoms. The van der Waals surface area contributed by atoms with Crippen molar-refractivity contribution >= 4 is 11.0 Å². The quantitative estimate of drug-likeness (QED) is 0.638. The molecule has 1 aromatic carbocycles. The summed E-state index contributed by atoms with van der Waals surface area (Å²) in [5.74, 6) is -0.0549. The van der Waals surface area contributed by atoms with Crippen molar-refractivity contribution in [3.05, 3.63) is 34.8 Å². The van der Waals surface area contributed by atoms with E-state index in [-0.39, 0.29) is 11.6 Å². The average molecular weight is 189 g/mol.